The van der Waals surface area contributed by atoms with E-state index in [1.54, 1.807) is 24.3 Å². The second-order valence-corrected chi connectivity index (χ2v) is 8.35. The van der Waals surface area contributed by atoms with Crippen molar-refractivity contribution in [2.45, 2.75) is 32.9 Å². The van der Waals surface area contributed by atoms with Gasteiger partial charge in [-0.25, -0.2) is 4.79 Å². The van der Waals surface area contributed by atoms with Crippen molar-refractivity contribution < 1.29 is 19.1 Å². The predicted octanol–water partition coefficient (Wildman–Crippen LogP) is 3.97. The number of amides is 1. The minimum absolute atomic E-state index is 0.164. The highest BCUT2D eigenvalue weighted by Gasteiger charge is 2.30. The summed E-state index contributed by atoms with van der Waals surface area (Å²) in [5.41, 5.74) is 1.44. The Kier molecular flexibility index (Phi) is 6.59. The largest absolute Gasteiger partial charge is 0.484 e. The summed E-state index contributed by atoms with van der Waals surface area (Å²) in [6, 6.07) is 7.19. The lowest BCUT2D eigenvalue weighted by Gasteiger charge is -2.30. The first-order valence-electron chi connectivity index (χ1n) is 9.04. The number of carbonyl (C=O) groups is 2. The van der Waals surface area contributed by atoms with Crippen LogP contribution >= 0.6 is 22.9 Å². The molecule has 0 saturated heterocycles. The van der Waals surface area contributed by atoms with E-state index in [2.05, 4.69) is 24.1 Å². The number of nitrogens with one attached hydrogen (secondary N) is 1. The first-order valence-corrected chi connectivity index (χ1v) is 10.2. The number of esters is 1. The zero-order valence-electron chi connectivity index (χ0n) is 16.1. The quantitative estimate of drug-likeness (QED) is 0.713. The molecule has 0 radical (unpaired) electrons. The minimum Gasteiger partial charge on any atom is -0.484 e. The average molecular weight is 423 g/mol. The van der Waals surface area contributed by atoms with Gasteiger partial charge in [0, 0.05) is 29.0 Å². The summed E-state index contributed by atoms with van der Waals surface area (Å²) in [4.78, 5) is 28.2. The van der Waals surface area contributed by atoms with Crippen LogP contribution in [0.4, 0.5) is 5.00 Å². The summed E-state index contributed by atoms with van der Waals surface area (Å²) >= 11 is 7.27. The molecule has 3 rings (SSSR count). The van der Waals surface area contributed by atoms with Crippen LogP contribution in [0.2, 0.25) is 5.02 Å². The van der Waals surface area contributed by atoms with Gasteiger partial charge in [-0.05, 0) is 50.1 Å². The van der Waals surface area contributed by atoms with Crippen LogP contribution in [0.1, 0.15) is 34.6 Å². The third-order valence-electron chi connectivity index (χ3n) is 4.64. The molecule has 0 atom stereocenters. The number of hydrogen-bond acceptors (Lipinski definition) is 6. The van der Waals surface area contributed by atoms with E-state index >= 15 is 0 Å². The zero-order valence-corrected chi connectivity index (χ0v) is 17.7. The number of methoxy groups -OCH3 is 1. The maximum absolute atomic E-state index is 12.4. The maximum atomic E-state index is 12.4. The zero-order chi connectivity index (χ0) is 20.3. The Labute approximate surface area is 173 Å². The fourth-order valence-corrected chi connectivity index (χ4v) is 4.52. The van der Waals surface area contributed by atoms with Gasteiger partial charge in [0.2, 0.25) is 0 Å². The Bertz CT molecular complexity index is 864. The molecule has 1 aliphatic heterocycles. The van der Waals surface area contributed by atoms with Crippen molar-refractivity contribution in [1.29, 1.82) is 0 Å². The molecule has 1 aromatic carbocycles. The molecule has 1 aromatic heterocycles. The molecule has 8 heteroatoms. The molecule has 0 bridgehead atoms. The van der Waals surface area contributed by atoms with Gasteiger partial charge in [0.15, 0.2) is 6.61 Å². The molecular weight excluding hydrogens is 400 g/mol. The topological polar surface area (TPSA) is 67.9 Å². The molecule has 0 aliphatic carbocycles. The van der Waals surface area contributed by atoms with Crippen LogP contribution in [0.5, 0.6) is 5.75 Å². The van der Waals surface area contributed by atoms with Gasteiger partial charge in [0.05, 0.1) is 12.7 Å². The normalized spacial score (nSPS) is 13.9. The van der Waals surface area contributed by atoms with Gasteiger partial charge in [-0.1, -0.05) is 11.6 Å². The Morgan fingerprint density at radius 2 is 2.00 bits per heavy atom. The maximum Gasteiger partial charge on any atom is 0.341 e. The molecular formula is C20H23ClN2O4S. The summed E-state index contributed by atoms with van der Waals surface area (Å²) in [5.74, 6) is -0.213. The Hall–Kier alpha value is -2.09. The van der Waals surface area contributed by atoms with E-state index in [0.29, 0.717) is 27.4 Å². The van der Waals surface area contributed by atoms with Gasteiger partial charge in [0.1, 0.15) is 10.8 Å². The number of rotatable bonds is 6. The van der Waals surface area contributed by atoms with Crippen LogP contribution in [0.15, 0.2) is 24.3 Å². The van der Waals surface area contributed by atoms with E-state index in [1.165, 1.54) is 18.4 Å². The molecule has 0 saturated carbocycles. The number of benzene rings is 1. The number of nitrogens with zero attached hydrogens (tertiary/aromatic N) is 1. The number of fused-ring (bicyclic) bond motifs is 1. The lowest BCUT2D eigenvalue weighted by molar-refractivity contribution is -0.118. The van der Waals surface area contributed by atoms with E-state index in [4.69, 9.17) is 21.1 Å². The van der Waals surface area contributed by atoms with Crippen LogP contribution in [0, 0.1) is 0 Å². The van der Waals surface area contributed by atoms with Crippen LogP contribution < -0.4 is 10.1 Å². The fourth-order valence-electron chi connectivity index (χ4n) is 3.11. The van der Waals surface area contributed by atoms with Crippen molar-refractivity contribution in [1.82, 2.24) is 4.90 Å². The summed E-state index contributed by atoms with van der Waals surface area (Å²) < 4.78 is 10.4. The molecule has 150 valence electrons. The summed E-state index contributed by atoms with van der Waals surface area (Å²) in [5, 5.41) is 3.93. The second kappa shape index (κ2) is 8.94. The van der Waals surface area contributed by atoms with E-state index < -0.39 is 5.97 Å². The summed E-state index contributed by atoms with van der Waals surface area (Å²) in [7, 11) is 1.35. The second-order valence-electron chi connectivity index (χ2n) is 6.80. The number of ether oxygens (including phenoxy) is 2. The first-order chi connectivity index (χ1) is 13.4. The Balaban J connectivity index is 1.74. The first kappa shape index (κ1) is 20.6. The molecule has 2 heterocycles. The van der Waals surface area contributed by atoms with Crippen molar-refractivity contribution in [2.75, 3.05) is 25.6 Å². The van der Waals surface area contributed by atoms with Gasteiger partial charge >= 0.3 is 5.97 Å². The molecule has 1 aliphatic rings. The number of hydrogen-bond donors (Lipinski definition) is 1. The van der Waals surface area contributed by atoms with Crippen molar-refractivity contribution >= 4 is 39.8 Å². The van der Waals surface area contributed by atoms with Gasteiger partial charge in [-0.3, -0.25) is 9.69 Å². The van der Waals surface area contributed by atoms with Crippen molar-refractivity contribution in [3.8, 4) is 5.75 Å². The van der Waals surface area contributed by atoms with Gasteiger partial charge in [-0.15, -0.1) is 11.3 Å². The lowest BCUT2D eigenvalue weighted by Crippen LogP contribution is -2.35. The smallest absolute Gasteiger partial charge is 0.341 e. The summed E-state index contributed by atoms with van der Waals surface area (Å²) in [6.07, 6.45) is 0.756. The highest BCUT2D eigenvalue weighted by atomic mass is 35.5. The predicted molar refractivity (Wildman–Crippen MR) is 110 cm³/mol. The third kappa shape index (κ3) is 4.66. The molecule has 2 aromatic rings. The van der Waals surface area contributed by atoms with Gasteiger partial charge in [0.25, 0.3) is 5.91 Å². The highest BCUT2D eigenvalue weighted by molar-refractivity contribution is 7.17. The third-order valence-corrected chi connectivity index (χ3v) is 6.03. The molecule has 0 fully saturated rings. The molecule has 6 nitrogen and oxygen atoms in total. The lowest BCUT2D eigenvalue weighted by atomic mass is 10.0. The molecule has 0 unspecified atom stereocenters. The Morgan fingerprint density at radius 3 is 2.64 bits per heavy atom. The van der Waals surface area contributed by atoms with Crippen LogP contribution in [-0.4, -0.2) is 43.1 Å². The Morgan fingerprint density at radius 1 is 1.29 bits per heavy atom. The standard InChI is InChI=1S/C20H23ClN2O4S/c1-12(2)23-9-8-15-16(10-23)28-19(18(15)20(25)26-3)22-17(24)11-27-14-6-4-13(21)5-7-14/h4-7,12H,8-11H2,1-3H3,(H,22,24). The number of carbonyl (C=O) groups excluding carboxylic acids is 2. The minimum atomic E-state index is -0.426. The average Bonchev–Trinajstić information content (AvgIpc) is 3.03. The monoisotopic (exact) mass is 422 g/mol. The number of thiophene rings is 1. The number of anilines is 1. The molecule has 28 heavy (non-hydrogen) atoms. The van der Waals surface area contributed by atoms with Gasteiger partial charge in [-0.2, -0.15) is 0 Å². The van der Waals surface area contributed by atoms with Gasteiger partial charge < -0.3 is 14.8 Å². The van der Waals surface area contributed by atoms with Crippen LogP contribution in [0.3, 0.4) is 0 Å². The molecule has 1 N–H and O–H groups in total. The SMILES string of the molecule is COC(=O)c1c(NC(=O)COc2ccc(Cl)cc2)sc2c1CCN(C(C)C)C2. The van der Waals surface area contributed by atoms with Crippen molar-refractivity contribution in [3.63, 3.8) is 0 Å². The van der Waals surface area contributed by atoms with E-state index in [-0.39, 0.29) is 12.5 Å². The van der Waals surface area contributed by atoms with E-state index in [1.807, 2.05) is 0 Å². The van der Waals surface area contributed by atoms with E-state index in [0.717, 1.165) is 30.0 Å². The van der Waals surface area contributed by atoms with Crippen molar-refractivity contribution in [2.24, 2.45) is 0 Å². The van der Waals surface area contributed by atoms with Crippen molar-refractivity contribution in [3.05, 3.63) is 45.3 Å². The van der Waals surface area contributed by atoms with E-state index in [9.17, 15) is 9.59 Å². The molecule has 1 amide bonds. The summed E-state index contributed by atoms with van der Waals surface area (Å²) in [6.45, 7) is 5.77. The fraction of sp³-hybridized carbons (Fsp3) is 0.400. The number of halogens is 1. The highest BCUT2D eigenvalue weighted by Crippen LogP contribution is 2.38. The van der Waals surface area contributed by atoms with Crippen LogP contribution in [-0.2, 0) is 22.5 Å². The molecule has 0 spiro atoms. The van der Waals surface area contributed by atoms with Crippen LogP contribution in [0.25, 0.3) is 0 Å².